The van der Waals surface area contributed by atoms with Crippen LogP contribution in [0.3, 0.4) is 0 Å². The lowest BCUT2D eigenvalue weighted by atomic mass is 9.92. The van der Waals surface area contributed by atoms with Gasteiger partial charge in [-0.15, -0.1) is 0 Å². The second-order valence-electron chi connectivity index (χ2n) is 9.19. The van der Waals surface area contributed by atoms with Crippen molar-refractivity contribution in [3.63, 3.8) is 0 Å². The van der Waals surface area contributed by atoms with Crippen LogP contribution in [0.5, 0.6) is 0 Å². The van der Waals surface area contributed by atoms with E-state index >= 15 is 0 Å². The fourth-order valence-corrected chi connectivity index (χ4v) is 5.74. The Morgan fingerprint density at radius 2 is 1.66 bits per heavy atom. The van der Waals surface area contributed by atoms with Gasteiger partial charge in [0.2, 0.25) is 5.13 Å². The molecule has 0 spiro atoms. The second kappa shape index (κ2) is 9.12. The highest BCUT2D eigenvalue weighted by Gasteiger charge is 2.18. The maximum absolute atomic E-state index is 13.1. The zero-order valence-electron chi connectivity index (χ0n) is 19.6. The van der Waals surface area contributed by atoms with Gasteiger partial charge >= 0.3 is 0 Å². The van der Waals surface area contributed by atoms with Crippen molar-refractivity contribution in [3.05, 3.63) is 106 Å². The average molecular weight is 479 g/mol. The van der Waals surface area contributed by atoms with Gasteiger partial charge in [0, 0.05) is 11.6 Å². The van der Waals surface area contributed by atoms with Crippen LogP contribution in [0.1, 0.15) is 51.1 Å². The summed E-state index contributed by atoms with van der Waals surface area (Å²) in [6.45, 7) is 1.93. The number of hydrogen-bond donors (Lipinski definition) is 1. The number of amides is 1. The third-order valence-corrected chi connectivity index (χ3v) is 7.56. The first-order valence-electron chi connectivity index (χ1n) is 12.1. The molecule has 1 amide bonds. The topological polar surface area (TPSA) is 59.8 Å². The molecule has 0 aliphatic heterocycles. The van der Waals surface area contributed by atoms with Crippen LogP contribution in [0.4, 0.5) is 5.82 Å². The lowest BCUT2D eigenvalue weighted by Gasteiger charge is -2.14. The van der Waals surface area contributed by atoms with Crippen molar-refractivity contribution in [2.24, 2.45) is 0 Å². The molecule has 2 aromatic heterocycles. The lowest BCUT2D eigenvalue weighted by Crippen LogP contribution is -2.15. The van der Waals surface area contributed by atoms with Gasteiger partial charge in [-0.05, 0) is 85.5 Å². The zero-order chi connectivity index (χ0) is 23.8. The Labute approximate surface area is 208 Å². The minimum absolute atomic E-state index is 0.158. The molecule has 35 heavy (non-hydrogen) atoms. The molecule has 174 valence electrons. The Hall–Kier alpha value is -3.77. The molecular formula is C29H26N4OS. The molecular weight excluding hydrogens is 452 g/mol. The van der Waals surface area contributed by atoms with Crippen LogP contribution >= 0.6 is 11.3 Å². The molecule has 1 N–H and O–H groups in total. The Morgan fingerprint density at radius 3 is 2.43 bits per heavy atom. The van der Waals surface area contributed by atoms with Crippen molar-refractivity contribution in [2.45, 2.75) is 39.0 Å². The number of thiazole rings is 1. The number of fused-ring (bicyclic) bond motifs is 2. The molecule has 0 saturated heterocycles. The smallest absolute Gasteiger partial charge is 0.256 e. The van der Waals surface area contributed by atoms with Crippen LogP contribution in [0.2, 0.25) is 0 Å². The lowest BCUT2D eigenvalue weighted by molar-refractivity contribution is 0.102. The van der Waals surface area contributed by atoms with Gasteiger partial charge in [0.1, 0.15) is 5.82 Å². The van der Waals surface area contributed by atoms with Gasteiger partial charge in [-0.2, -0.15) is 9.78 Å². The summed E-state index contributed by atoms with van der Waals surface area (Å²) in [5.41, 5.74) is 7.74. The molecule has 0 radical (unpaired) electrons. The normalized spacial score (nSPS) is 13.1. The summed E-state index contributed by atoms with van der Waals surface area (Å²) in [6.07, 6.45) is 5.62. The third-order valence-electron chi connectivity index (χ3n) is 6.56. The molecule has 2 heterocycles. The van der Waals surface area contributed by atoms with Crippen molar-refractivity contribution in [3.8, 4) is 5.13 Å². The molecule has 0 fully saturated rings. The average Bonchev–Trinajstić information content (AvgIpc) is 3.45. The van der Waals surface area contributed by atoms with Crippen molar-refractivity contribution >= 4 is 33.3 Å². The van der Waals surface area contributed by atoms with Crippen molar-refractivity contribution < 1.29 is 4.79 Å². The number of rotatable bonds is 5. The van der Waals surface area contributed by atoms with Crippen molar-refractivity contribution in [2.75, 3.05) is 5.32 Å². The highest BCUT2D eigenvalue weighted by molar-refractivity contribution is 7.20. The number of anilines is 1. The summed E-state index contributed by atoms with van der Waals surface area (Å²) in [7, 11) is 0. The van der Waals surface area contributed by atoms with E-state index in [1.807, 2.05) is 55.5 Å². The van der Waals surface area contributed by atoms with Crippen LogP contribution in [0.15, 0.2) is 72.8 Å². The first kappa shape index (κ1) is 21.7. The molecule has 6 heteroatoms. The number of aromatic nitrogens is 3. The predicted molar refractivity (Wildman–Crippen MR) is 142 cm³/mol. The van der Waals surface area contributed by atoms with E-state index < -0.39 is 0 Å². The van der Waals surface area contributed by atoms with Gasteiger partial charge in [0.15, 0.2) is 0 Å². The third kappa shape index (κ3) is 4.49. The first-order chi connectivity index (χ1) is 17.1. The van der Waals surface area contributed by atoms with Gasteiger partial charge in [0.05, 0.1) is 15.9 Å². The van der Waals surface area contributed by atoms with E-state index in [-0.39, 0.29) is 5.91 Å². The quantitative estimate of drug-likeness (QED) is 0.313. The van der Waals surface area contributed by atoms with Crippen LogP contribution < -0.4 is 5.32 Å². The van der Waals surface area contributed by atoms with E-state index in [4.69, 9.17) is 4.98 Å². The summed E-state index contributed by atoms with van der Waals surface area (Å²) in [6, 6.07) is 24.5. The minimum atomic E-state index is -0.158. The summed E-state index contributed by atoms with van der Waals surface area (Å²) < 4.78 is 2.92. The molecule has 1 aliphatic rings. The number of carbonyl (C=O) groups is 1. The molecule has 0 bridgehead atoms. The maximum Gasteiger partial charge on any atom is 0.256 e. The van der Waals surface area contributed by atoms with E-state index in [2.05, 4.69) is 34.7 Å². The summed E-state index contributed by atoms with van der Waals surface area (Å²) in [4.78, 5) is 17.9. The number of carbonyl (C=O) groups excluding carboxylic acids is 1. The van der Waals surface area contributed by atoms with Crippen LogP contribution in [-0.2, 0) is 19.3 Å². The maximum atomic E-state index is 13.1. The SMILES string of the molecule is Cc1cc(NC(=O)c2ccc(Cc3ccccc3)cc2)n(-c2nc3cc4c(cc3s2)CCCC4)n1. The van der Waals surface area contributed by atoms with Gasteiger partial charge in [-0.3, -0.25) is 4.79 Å². The first-order valence-corrected chi connectivity index (χ1v) is 12.9. The standard InChI is InChI=1S/C29H26N4OS/c1-19-15-27(31-28(34)22-13-11-21(12-14-22)16-20-7-3-2-4-8-20)33(32-19)29-30-25-17-23-9-5-6-10-24(23)18-26(25)35-29/h2-4,7-8,11-15,17-18H,5-6,9-10,16H2,1H3,(H,31,34). The Bertz CT molecular complexity index is 1470. The monoisotopic (exact) mass is 478 g/mol. The summed E-state index contributed by atoms with van der Waals surface area (Å²) in [5, 5.41) is 8.44. The highest BCUT2D eigenvalue weighted by atomic mass is 32.1. The molecule has 0 saturated carbocycles. The Balaban J connectivity index is 1.23. The zero-order valence-corrected chi connectivity index (χ0v) is 20.4. The number of nitrogens with one attached hydrogen (secondary N) is 1. The van der Waals surface area contributed by atoms with Gasteiger partial charge in [-0.1, -0.05) is 53.8 Å². The van der Waals surface area contributed by atoms with Gasteiger partial charge in [0.25, 0.3) is 5.91 Å². The fraction of sp³-hybridized carbons (Fsp3) is 0.207. The number of aryl methyl sites for hydroxylation is 3. The van der Waals surface area contributed by atoms with E-state index in [1.165, 1.54) is 39.8 Å². The number of hydrogen-bond acceptors (Lipinski definition) is 4. The molecule has 5 nitrogen and oxygen atoms in total. The number of benzene rings is 3. The Kier molecular flexibility index (Phi) is 5.66. The van der Waals surface area contributed by atoms with Gasteiger partial charge < -0.3 is 5.32 Å². The van der Waals surface area contributed by atoms with E-state index in [9.17, 15) is 4.79 Å². The number of nitrogens with zero attached hydrogens (tertiary/aromatic N) is 3. The largest absolute Gasteiger partial charge is 0.306 e. The van der Waals surface area contributed by atoms with Crippen molar-refractivity contribution in [1.29, 1.82) is 0 Å². The summed E-state index contributed by atoms with van der Waals surface area (Å²) >= 11 is 1.61. The highest BCUT2D eigenvalue weighted by Crippen LogP contribution is 2.32. The molecule has 3 aromatic carbocycles. The van der Waals surface area contributed by atoms with E-state index in [0.29, 0.717) is 11.4 Å². The van der Waals surface area contributed by atoms with Crippen molar-refractivity contribution in [1.82, 2.24) is 14.8 Å². The van der Waals surface area contributed by atoms with Crippen LogP contribution in [0, 0.1) is 6.92 Å². The molecule has 5 aromatic rings. The van der Waals surface area contributed by atoms with E-state index in [1.54, 1.807) is 16.0 Å². The van der Waals surface area contributed by atoms with Crippen LogP contribution in [-0.4, -0.2) is 20.7 Å². The molecule has 0 atom stereocenters. The fourth-order valence-electron chi connectivity index (χ4n) is 4.76. The minimum Gasteiger partial charge on any atom is -0.306 e. The van der Waals surface area contributed by atoms with Gasteiger partial charge in [-0.25, -0.2) is 4.98 Å². The van der Waals surface area contributed by atoms with E-state index in [0.717, 1.165) is 35.6 Å². The molecule has 0 unspecified atom stereocenters. The Morgan fingerprint density at radius 1 is 0.943 bits per heavy atom. The van der Waals surface area contributed by atoms with Crippen LogP contribution in [0.25, 0.3) is 15.3 Å². The molecule has 6 rings (SSSR count). The second-order valence-corrected chi connectivity index (χ2v) is 10.2. The summed E-state index contributed by atoms with van der Waals surface area (Å²) in [5.74, 6) is 0.471. The predicted octanol–water partition coefficient (Wildman–Crippen LogP) is 6.51. The molecule has 1 aliphatic carbocycles.